The summed E-state index contributed by atoms with van der Waals surface area (Å²) in [6.45, 7) is -0.178. The van der Waals surface area contributed by atoms with Crippen molar-refractivity contribution in [2.24, 2.45) is 0 Å². The highest BCUT2D eigenvalue weighted by atomic mass is 16.5. The molecular weight excluding hydrogens is 400 g/mol. The number of esters is 1. The molecule has 1 aliphatic carbocycles. The Morgan fingerprint density at radius 1 is 0.903 bits per heavy atom. The second kappa shape index (κ2) is 10.2. The molecule has 4 N–H and O–H groups in total. The van der Waals surface area contributed by atoms with Gasteiger partial charge in [0.2, 0.25) is 5.91 Å². The second-order valence-electron chi connectivity index (χ2n) is 7.13. The summed E-state index contributed by atoms with van der Waals surface area (Å²) in [7, 11) is 1.25. The van der Waals surface area contributed by atoms with Gasteiger partial charge in [0.15, 0.2) is 0 Å². The first-order chi connectivity index (χ1) is 14.9. The molecule has 0 bridgehead atoms. The first kappa shape index (κ1) is 21.8. The number of anilines is 2. The lowest BCUT2D eigenvalue weighted by Crippen LogP contribution is -2.31. The lowest BCUT2D eigenvalue weighted by molar-refractivity contribution is -0.141. The van der Waals surface area contributed by atoms with Gasteiger partial charge in [-0.25, -0.2) is 4.79 Å². The summed E-state index contributed by atoms with van der Waals surface area (Å²) in [5, 5.41) is 10.8. The maximum atomic E-state index is 12.4. The first-order valence-electron chi connectivity index (χ1n) is 9.84. The van der Waals surface area contributed by atoms with Gasteiger partial charge in [-0.05, 0) is 54.8 Å². The predicted molar refractivity (Wildman–Crippen MR) is 115 cm³/mol. The molecule has 0 aliphatic heterocycles. The zero-order valence-corrected chi connectivity index (χ0v) is 17.1. The molecule has 9 nitrogen and oxygen atoms in total. The summed E-state index contributed by atoms with van der Waals surface area (Å²) in [5.74, 6) is -1.11. The number of carbonyl (C=O) groups is 4. The van der Waals surface area contributed by atoms with Crippen LogP contribution in [-0.2, 0) is 20.7 Å². The van der Waals surface area contributed by atoms with E-state index in [1.807, 2.05) is 0 Å². The van der Waals surface area contributed by atoms with E-state index >= 15 is 0 Å². The van der Waals surface area contributed by atoms with Crippen molar-refractivity contribution >= 4 is 35.2 Å². The number of hydrogen-bond donors (Lipinski definition) is 4. The Morgan fingerprint density at radius 2 is 1.52 bits per heavy atom. The SMILES string of the molecule is COC(=O)CNC(=O)Cc1ccc(NC(=O)c2ccc(NC(=O)NC3CC3)cc2)cc1. The summed E-state index contributed by atoms with van der Waals surface area (Å²) >= 11 is 0. The van der Waals surface area contributed by atoms with Crippen LogP contribution >= 0.6 is 0 Å². The molecule has 3 rings (SSSR count). The van der Waals surface area contributed by atoms with Crippen LogP contribution in [0.3, 0.4) is 0 Å². The molecule has 31 heavy (non-hydrogen) atoms. The third kappa shape index (κ3) is 7.14. The molecule has 2 aromatic rings. The molecular formula is C22H24N4O5. The summed E-state index contributed by atoms with van der Waals surface area (Å²) in [6, 6.07) is 13.4. The topological polar surface area (TPSA) is 126 Å². The molecule has 0 atom stereocenters. The summed E-state index contributed by atoms with van der Waals surface area (Å²) in [5.41, 5.74) is 2.36. The first-order valence-corrected chi connectivity index (χ1v) is 9.84. The van der Waals surface area contributed by atoms with E-state index in [9.17, 15) is 19.2 Å². The van der Waals surface area contributed by atoms with Gasteiger partial charge in [-0.2, -0.15) is 0 Å². The van der Waals surface area contributed by atoms with Crippen LogP contribution in [0.2, 0.25) is 0 Å². The Labute approximate surface area is 179 Å². The minimum Gasteiger partial charge on any atom is -0.468 e. The highest BCUT2D eigenvalue weighted by Crippen LogP contribution is 2.19. The van der Waals surface area contributed by atoms with Gasteiger partial charge in [-0.15, -0.1) is 0 Å². The van der Waals surface area contributed by atoms with Gasteiger partial charge >= 0.3 is 12.0 Å². The van der Waals surface area contributed by atoms with Crippen LogP contribution in [0, 0.1) is 0 Å². The number of methoxy groups -OCH3 is 1. The Kier molecular flexibility index (Phi) is 7.21. The molecule has 0 unspecified atom stereocenters. The number of urea groups is 1. The van der Waals surface area contributed by atoms with Crippen molar-refractivity contribution in [3.05, 3.63) is 59.7 Å². The molecule has 4 amide bonds. The van der Waals surface area contributed by atoms with Crippen molar-refractivity contribution in [1.29, 1.82) is 0 Å². The van der Waals surface area contributed by atoms with E-state index in [1.54, 1.807) is 48.5 Å². The highest BCUT2D eigenvalue weighted by molar-refractivity contribution is 6.04. The average molecular weight is 424 g/mol. The fourth-order valence-corrected chi connectivity index (χ4v) is 2.69. The van der Waals surface area contributed by atoms with Gasteiger partial charge in [-0.3, -0.25) is 14.4 Å². The number of benzene rings is 2. The molecule has 0 spiro atoms. The fraction of sp³-hybridized carbons (Fsp3) is 0.273. The summed E-state index contributed by atoms with van der Waals surface area (Å²) in [4.78, 5) is 47.0. The Bertz CT molecular complexity index is 953. The van der Waals surface area contributed by atoms with Gasteiger partial charge in [-0.1, -0.05) is 12.1 Å². The van der Waals surface area contributed by atoms with Gasteiger partial charge in [0, 0.05) is 23.0 Å². The maximum absolute atomic E-state index is 12.4. The molecule has 1 aliphatic rings. The minimum atomic E-state index is -0.517. The molecule has 1 saturated carbocycles. The summed E-state index contributed by atoms with van der Waals surface area (Å²) in [6.07, 6.45) is 2.13. The Hall–Kier alpha value is -3.88. The molecule has 0 saturated heterocycles. The number of hydrogen-bond acceptors (Lipinski definition) is 5. The monoisotopic (exact) mass is 424 g/mol. The summed E-state index contributed by atoms with van der Waals surface area (Å²) < 4.78 is 4.46. The Balaban J connectivity index is 1.47. The van der Waals surface area contributed by atoms with E-state index in [-0.39, 0.29) is 36.9 Å². The van der Waals surface area contributed by atoms with Crippen LogP contribution in [0.25, 0.3) is 0 Å². The number of rotatable bonds is 8. The quantitative estimate of drug-likeness (QED) is 0.483. The maximum Gasteiger partial charge on any atom is 0.325 e. The van der Waals surface area contributed by atoms with Gasteiger partial charge in [0.1, 0.15) is 6.54 Å². The lowest BCUT2D eigenvalue weighted by atomic mass is 10.1. The smallest absolute Gasteiger partial charge is 0.325 e. The third-order valence-electron chi connectivity index (χ3n) is 4.55. The van der Waals surface area contributed by atoms with Gasteiger partial charge in [0.05, 0.1) is 13.5 Å². The third-order valence-corrected chi connectivity index (χ3v) is 4.55. The fourth-order valence-electron chi connectivity index (χ4n) is 2.69. The van der Waals surface area contributed by atoms with Crippen molar-refractivity contribution < 1.29 is 23.9 Å². The van der Waals surface area contributed by atoms with E-state index in [4.69, 9.17) is 0 Å². The standard InChI is InChI=1S/C22H24N4O5/c1-31-20(28)13-23-19(27)12-14-2-6-16(7-3-14)24-21(29)15-4-8-17(9-5-15)25-22(30)26-18-10-11-18/h2-9,18H,10-13H2,1H3,(H,23,27)(H,24,29)(H2,25,26,30). The van der Waals surface area contributed by atoms with Crippen LogP contribution in [-0.4, -0.2) is 43.5 Å². The number of amides is 4. The van der Waals surface area contributed by atoms with Crippen molar-refractivity contribution in [2.75, 3.05) is 24.3 Å². The molecule has 0 heterocycles. The van der Waals surface area contributed by atoms with Crippen molar-refractivity contribution in [2.45, 2.75) is 25.3 Å². The van der Waals surface area contributed by atoms with Crippen LogP contribution < -0.4 is 21.3 Å². The molecule has 0 radical (unpaired) electrons. The molecule has 162 valence electrons. The number of ether oxygens (including phenoxy) is 1. The van der Waals surface area contributed by atoms with Crippen molar-refractivity contribution in [3.63, 3.8) is 0 Å². The van der Waals surface area contributed by atoms with Gasteiger partial charge < -0.3 is 26.0 Å². The second-order valence-corrected chi connectivity index (χ2v) is 7.13. The average Bonchev–Trinajstić information content (AvgIpc) is 3.57. The number of nitrogens with one attached hydrogen (secondary N) is 4. The van der Waals surface area contributed by atoms with E-state index < -0.39 is 5.97 Å². The minimum absolute atomic E-state index is 0.105. The molecule has 0 aromatic heterocycles. The molecule has 9 heteroatoms. The normalized spacial score (nSPS) is 12.4. The zero-order valence-electron chi connectivity index (χ0n) is 17.1. The van der Waals surface area contributed by atoms with Crippen LogP contribution in [0.4, 0.5) is 16.2 Å². The van der Waals surface area contributed by atoms with E-state index in [2.05, 4.69) is 26.0 Å². The largest absolute Gasteiger partial charge is 0.468 e. The van der Waals surface area contributed by atoms with Crippen molar-refractivity contribution in [3.8, 4) is 0 Å². The Morgan fingerprint density at radius 3 is 2.13 bits per heavy atom. The van der Waals surface area contributed by atoms with Crippen molar-refractivity contribution in [1.82, 2.24) is 10.6 Å². The van der Waals surface area contributed by atoms with E-state index in [1.165, 1.54) is 7.11 Å². The van der Waals surface area contributed by atoms with Crippen LogP contribution in [0.1, 0.15) is 28.8 Å². The lowest BCUT2D eigenvalue weighted by Gasteiger charge is -2.09. The predicted octanol–water partition coefficient (Wildman–Crippen LogP) is 2.05. The molecule has 1 fully saturated rings. The zero-order chi connectivity index (χ0) is 22.2. The van der Waals surface area contributed by atoms with Gasteiger partial charge in [0.25, 0.3) is 5.91 Å². The molecule has 2 aromatic carbocycles. The van der Waals surface area contributed by atoms with Crippen LogP contribution in [0.5, 0.6) is 0 Å². The van der Waals surface area contributed by atoms with E-state index in [0.717, 1.165) is 18.4 Å². The van der Waals surface area contributed by atoms with E-state index in [0.29, 0.717) is 16.9 Å². The number of carbonyl (C=O) groups excluding carboxylic acids is 4. The van der Waals surface area contributed by atoms with Crippen LogP contribution in [0.15, 0.2) is 48.5 Å². The highest BCUT2D eigenvalue weighted by Gasteiger charge is 2.23.